The van der Waals surface area contributed by atoms with Crippen LogP contribution in [0.2, 0.25) is 5.02 Å². The van der Waals surface area contributed by atoms with Crippen molar-refractivity contribution in [3.63, 3.8) is 0 Å². The van der Waals surface area contributed by atoms with Gasteiger partial charge in [0.1, 0.15) is 0 Å². The van der Waals surface area contributed by atoms with Crippen molar-refractivity contribution in [2.45, 2.75) is 26.7 Å². The number of hydrogen-bond acceptors (Lipinski definition) is 2. The largest absolute Gasteiger partial charge is 0.385 e. The van der Waals surface area contributed by atoms with Crippen LogP contribution in [0.4, 0.5) is 11.4 Å². The first-order valence-corrected chi connectivity index (χ1v) is 7.71. The second-order valence-electron chi connectivity index (χ2n) is 6.24. The third-order valence-electron chi connectivity index (χ3n) is 3.91. The van der Waals surface area contributed by atoms with Gasteiger partial charge in [0.25, 0.3) is 0 Å². The molecule has 2 nitrogen and oxygen atoms in total. The van der Waals surface area contributed by atoms with Gasteiger partial charge in [-0.25, -0.2) is 0 Å². The highest BCUT2D eigenvalue weighted by Crippen LogP contribution is 2.30. The summed E-state index contributed by atoms with van der Waals surface area (Å²) >= 11 is 6.30. The van der Waals surface area contributed by atoms with Gasteiger partial charge >= 0.3 is 0 Å². The molecule has 0 saturated carbocycles. The fourth-order valence-electron chi connectivity index (χ4n) is 3.08. The molecule has 0 saturated heterocycles. The summed E-state index contributed by atoms with van der Waals surface area (Å²) in [7, 11) is 4.01. The molecule has 0 bridgehead atoms. The third kappa shape index (κ3) is 3.92. The summed E-state index contributed by atoms with van der Waals surface area (Å²) < 4.78 is 0. The number of hydrogen-bond donors (Lipinski definition) is 1. The Morgan fingerprint density at radius 3 is 2.70 bits per heavy atom. The Hall–Kier alpha value is -1.15. The van der Waals surface area contributed by atoms with E-state index in [9.17, 15) is 0 Å². The molecule has 2 atom stereocenters. The minimum absolute atomic E-state index is 0.704. The highest BCUT2D eigenvalue weighted by Gasteiger charge is 2.17. The van der Waals surface area contributed by atoms with Gasteiger partial charge in [0.2, 0.25) is 0 Å². The summed E-state index contributed by atoms with van der Waals surface area (Å²) in [5, 5.41) is 4.33. The van der Waals surface area contributed by atoms with E-state index in [2.05, 4.69) is 37.4 Å². The molecule has 1 aliphatic rings. The van der Waals surface area contributed by atoms with Crippen LogP contribution < -0.4 is 10.2 Å². The van der Waals surface area contributed by atoms with Crippen molar-refractivity contribution in [3.05, 3.63) is 34.9 Å². The zero-order valence-electron chi connectivity index (χ0n) is 12.9. The summed E-state index contributed by atoms with van der Waals surface area (Å²) in [6, 6.07) is 6.20. The van der Waals surface area contributed by atoms with Gasteiger partial charge in [-0.15, -0.1) is 0 Å². The first kappa shape index (κ1) is 15.2. The van der Waals surface area contributed by atoms with Gasteiger partial charge in [0.05, 0.1) is 10.7 Å². The van der Waals surface area contributed by atoms with Crippen LogP contribution >= 0.6 is 11.6 Å². The maximum atomic E-state index is 6.30. The SMILES string of the molecule is CC1=CC(C)CC(CNc2ccc(N(C)C)c(Cl)c2)C1. The number of benzene rings is 1. The molecule has 2 unspecified atom stereocenters. The summed E-state index contributed by atoms with van der Waals surface area (Å²) in [5.41, 5.74) is 3.69. The molecule has 0 amide bonds. The van der Waals surface area contributed by atoms with Crippen molar-refractivity contribution < 1.29 is 0 Å². The molecule has 20 heavy (non-hydrogen) atoms. The molecule has 0 fully saturated rings. The van der Waals surface area contributed by atoms with E-state index in [0.29, 0.717) is 5.92 Å². The smallest absolute Gasteiger partial charge is 0.0659 e. The number of nitrogens with zero attached hydrogens (tertiary/aromatic N) is 1. The average molecular weight is 293 g/mol. The molecule has 1 aromatic rings. The molecule has 2 rings (SSSR count). The van der Waals surface area contributed by atoms with Crippen molar-refractivity contribution in [1.29, 1.82) is 0 Å². The van der Waals surface area contributed by atoms with Crippen LogP contribution in [0.3, 0.4) is 0 Å². The normalized spacial score (nSPS) is 22.4. The number of nitrogens with one attached hydrogen (secondary N) is 1. The molecule has 1 N–H and O–H groups in total. The van der Waals surface area contributed by atoms with E-state index in [1.54, 1.807) is 0 Å². The van der Waals surface area contributed by atoms with Gasteiger partial charge in [-0.2, -0.15) is 0 Å². The number of rotatable bonds is 4. The van der Waals surface area contributed by atoms with Crippen LogP contribution in [0.5, 0.6) is 0 Å². The van der Waals surface area contributed by atoms with Gasteiger partial charge in [0, 0.05) is 26.3 Å². The Morgan fingerprint density at radius 2 is 2.10 bits per heavy atom. The van der Waals surface area contributed by atoms with Crippen LogP contribution in [0.25, 0.3) is 0 Å². The quantitative estimate of drug-likeness (QED) is 0.801. The lowest BCUT2D eigenvalue weighted by Crippen LogP contribution is -2.20. The minimum Gasteiger partial charge on any atom is -0.385 e. The van der Waals surface area contributed by atoms with E-state index < -0.39 is 0 Å². The number of allylic oxidation sites excluding steroid dienone is 2. The van der Waals surface area contributed by atoms with Gasteiger partial charge in [-0.05, 0) is 49.8 Å². The lowest BCUT2D eigenvalue weighted by molar-refractivity contribution is 0.421. The molecule has 0 heterocycles. The van der Waals surface area contributed by atoms with Crippen molar-refractivity contribution in [1.82, 2.24) is 0 Å². The lowest BCUT2D eigenvalue weighted by atomic mass is 9.84. The topological polar surface area (TPSA) is 15.3 Å². The van der Waals surface area contributed by atoms with Gasteiger partial charge in [-0.1, -0.05) is 30.2 Å². The average Bonchev–Trinajstić information content (AvgIpc) is 2.35. The van der Waals surface area contributed by atoms with E-state index in [1.807, 2.05) is 25.1 Å². The Kier molecular flexibility index (Phi) is 4.98. The predicted molar refractivity (Wildman–Crippen MR) is 89.9 cm³/mol. The fourth-order valence-corrected chi connectivity index (χ4v) is 3.43. The summed E-state index contributed by atoms with van der Waals surface area (Å²) in [6.45, 7) is 5.57. The van der Waals surface area contributed by atoms with Crippen molar-refractivity contribution >= 4 is 23.0 Å². The van der Waals surface area contributed by atoms with Crippen LogP contribution in [-0.2, 0) is 0 Å². The van der Waals surface area contributed by atoms with Crippen LogP contribution in [0, 0.1) is 11.8 Å². The minimum atomic E-state index is 0.704. The summed E-state index contributed by atoms with van der Waals surface area (Å²) in [6.07, 6.45) is 4.88. The van der Waals surface area contributed by atoms with Crippen LogP contribution in [0.15, 0.2) is 29.8 Å². The zero-order valence-corrected chi connectivity index (χ0v) is 13.7. The van der Waals surface area contributed by atoms with E-state index in [1.165, 1.54) is 18.4 Å². The van der Waals surface area contributed by atoms with Crippen molar-refractivity contribution in [2.75, 3.05) is 30.9 Å². The Bertz CT molecular complexity index is 494. The first-order chi connectivity index (χ1) is 9.45. The molecule has 0 radical (unpaired) electrons. The Labute approximate surface area is 127 Å². The second-order valence-corrected chi connectivity index (χ2v) is 6.64. The highest BCUT2D eigenvalue weighted by molar-refractivity contribution is 6.33. The molecule has 1 aromatic carbocycles. The molecule has 1 aliphatic carbocycles. The predicted octanol–water partition coefficient (Wildman–Crippen LogP) is 4.81. The maximum Gasteiger partial charge on any atom is 0.0659 e. The molecular weight excluding hydrogens is 268 g/mol. The molecule has 110 valence electrons. The van der Waals surface area contributed by atoms with Crippen LogP contribution in [-0.4, -0.2) is 20.6 Å². The summed E-state index contributed by atoms with van der Waals surface area (Å²) in [4.78, 5) is 2.03. The first-order valence-electron chi connectivity index (χ1n) is 7.33. The van der Waals surface area contributed by atoms with Crippen molar-refractivity contribution in [2.24, 2.45) is 11.8 Å². The number of halogens is 1. The molecule has 0 aliphatic heterocycles. The van der Waals surface area contributed by atoms with Gasteiger partial charge in [-0.3, -0.25) is 0 Å². The Morgan fingerprint density at radius 1 is 1.35 bits per heavy atom. The fraction of sp³-hybridized carbons (Fsp3) is 0.529. The van der Waals surface area contributed by atoms with Gasteiger partial charge < -0.3 is 10.2 Å². The van der Waals surface area contributed by atoms with E-state index in [0.717, 1.165) is 28.9 Å². The number of anilines is 2. The summed E-state index contributed by atoms with van der Waals surface area (Å²) in [5.74, 6) is 1.43. The zero-order chi connectivity index (χ0) is 14.7. The molecule has 0 aromatic heterocycles. The van der Waals surface area contributed by atoms with Crippen LogP contribution in [0.1, 0.15) is 26.7 Å². The molecular formula is C17H25ClN2. The van der Waals surface area contributed by atoms with E-state index in [-0.39, 0.29) is 0 Å². The van der Waals surface area contributed by atoms with E-state index in [4.69, 9.17) is 11.6 Å². The maximum absolute atomic E-state index is 6.30. The van der Waals surface area contributed by atoms with Gasteiger partial charge in [0.15, 0.2) is 0 Å². The third-order valence-corrected chi connectivity index (χ3v) is 4.21. The Balaban J connectivity index is 1.95. The second kappa shape index (κ2) is 6.53. The standard InChI is InChI=1S/C17H25ClN2/c1-12-7-13(2)9-14(8-12)11-19-15-5-6-17(20(3)4)16(18)10-15/h5-7,10,12,14,19H,8-9,11H2,1-4H3. The highest BCUT2D eigenvalue weighted by atomic mass is 35.5. The lowest BCUT2D eigenvalue weighted by Gasteiger charge is -2.26. The van der Waals surface area contributed by atoms with Crippen molar-refractivity contribution in [3.8, 4) is 0 Å². The monoisotopic (exact) mass is 292 g/mol. The molecule has 0 spiro atoms. The van der Waals surface area contributed by atoms with E-state index >= 15 is 0 Å². The molecule has 3 heteroatoms.